The Kier molecular flexibility index (Phi) is 5.54. The van der Waals surface area contributed by atoms with Gasteiger partial charge in [0.25, 0.3) is 0 Å². The summed E-state index contributed by atoms with van der Waals surface area (Å²) in [6.07, 6.45) is 2.09. The lowest BCUT2D eigenvalue weighted by Gasteiger charge is -2.13. The molecule has 1 aromatic rings. The van der Waals surface area contributed by atoms with Crippen LogP contribution in [-0.4, -0.2) is 18.6 Å². The molecule has 1 nitrogen and oxygen atoms in total. The summed E-state index contributed by atoms with van der Waals surface area (Å²) in [5, 5.41) is 0.903. The zero-order valence-corrected chi connectivity index (χ0v) is 11.9. The van der Waals surface area contributed by atoms with Gasteiger partial charge in [-0.1, -0.05) is 28.1 Å². The number of benzene rings is 1. The molecule has 1 rings (SSSR count). The summed E-state index contributed by atoms with van der Waals surface area (Å²) in [5.41, 5.74) is 3.76. The van der Waals surface area contributed by atoms with E-state index in [0.29, 0.717) is 0 Å². The number of ether oxygens (including phenoxy) is 1. The maximum atomic E-state index is 5.77. The number of halogens is 1. The van der Waals surface area contributed by atoms with Gasteiger partial charge in [-0.25, -0.2) is 0 Å². The van der Waals surface area contributed by atoms with Crippen LogP contribution in [0.5, 0.6) is 5.75 Å². The molecule has 15 heavy (non-hydrogen) atoms. The van der Waals surface area contributed by atoms with Crippen molar-refractivity contribution in [1.29, 1.82) is 0 Å². The molecule has 0 aliphatic heterocycles. The molecule has 1 aromatic carbocycles. The molecule has 0 heterocycles. The first kappa shape index (κ1) is 12.9. The average molecular weight is 289 g/mol. The molecule has 0 spiro atoms. The van der Waals surface area contributed by atoms with Gasteiger partial charge in [-0.15, -0.1) is 0 Å². The van der Waals surface area contributed by atoms with Crippen molar-refractivity contribution in [2.45, 2.75) is 19.2 Å². The topological polar surface area (TPSA) is 9.23 Å². The summed E-state index contributed by atoms with van der Waals surface area (Å²) in [4.78, 5) is 0. The lowest BCUT2D eigenvalue weighted by Crippen LogP contribution is -2.03. The van der Waals surface area contributed by atoms with Crippen molar-refractivity contribution < 1.29 is 4.74 Å². The molecular weight excluding hydrogens is 272 g/mol. The highest BCUT2D eigenvalue weighted by Crippen LogP contribution is 2.25. The molecule has 0 aromatic heterocycles. The highest BCUT2D eigenvalue weighted by molar-refractivity contribution is 9.08. The van der Waals surface area contributed by atoms with E-state index in [1.54, 1.807) is 0 Å². The number of thioether (sulfide) groups is 1. The smallest absolute Gasteiger partial charge is 0.125 e. The first-order valence-corrected chi connectivity index (χ1v) is 7.48. The fourth-order valence-corrected chi connectivity index (χ4v) is 2.15. The highest BCUT2D eigenvalue weighted by Gasteiger charge is 2.05. The molecule has 0 radical (unpaired) electrons. The van der Waals surface area contributed by atoms with Crippen LogP contribution < -0.4 is 4.74 Å². The number of aryl methyl sites for hydroxylation is 2. The van der Waals surface area contributed by atoms with E-state index in [0.717, 1.165) is 23.4 Å². The Hall–Kier alpha value is -0.150. The molecule has 0 atom stereocenters. The van der Waals surface area contributed by atoms with Crippen molar-refractivity contribution >= 4 is 27.7 Å². The minimum absolute atomic E-state index is 0.788. The van der Waals surface area contributed by atoms with E-state index in [4.69, 9.17) is 4.74 Å². The van der Waals surface area contributed by atoms with E-state index in [9.17, 15) is 0 Å². The van der Waals surface area contributed by atoms with Gasteiger partial charge < -0.3 is 4.74 Å². The normalized spacial score (nSPS) is 10.4. The first-order valence-electron chi connectivity index (χ1n) is 4.97. The predicted molar refractivity (Wildman–Crippen MR) is 72.4 cm³/mol. The van der Waals surface area contributed by atoms with Crippen molar-refractivity contribution in [1.82, 2.24) is 0 Å². The zero-order valence-electron chi connectivity index (χ0n) is 9.47. The standard InChI is InChI=1S/C12H17BrOS/c1-9-6-11(8-13)7-10(2)12(9)14-4-5-15-3/h6-7H,4-5,8H2,1-3H3. The van der Waals surface area contributed by atoms with Crippen LogP contribution in [0.15, 0.2) is 12.1 Å². The summed E-state index contributed by atoms with van der Waals surface area (Å²) in [6.45, 7) is 5.00. The maximum absolute atomic E-state index is 5.77. The summed E-state index contributed by atoms with van der Waals surface area (Å²) in [5.74, 6) is 2.09. The van der Waals surface area contributed by atoms with Crippen LogP contribution in [0.3, 0.4) is 0 Å². The Morgan fingerprint density at radius 2 is 1.87 bits per heavy atom. The van der Waals surface area contributed by atoms with Crippen LogP contribution in [-0.2, 0) is 5.33 Å². The van der Waals surface area contributed by atoms with Crippen LogP contribution in [0.1, 0.15) is 16.7 Å². The third-order valence-corrected chi connectivity index (χ3v) is 3.43. The minimum Gasteiger partial charge on any atom is -0.492 e. The van der Waals surface area contributed by atoms with Gasteiger partial charge in [0.2, 0.25) is 0 Å². The van der Waals surface area contributed by atoms with Crippen molar-refractivity contribution in [3.05, 3.63) is 28.8 Å². The SMILES string of the molecule is CSCCOc1c(C)cc(CBr)cc1C. The van der Waals surface area contributed by atoms with E-state index in [2.05, 4.69) is 48.2 Å². The van der Waals surface area contributed by atoms with Crippen LogP contribution in [0.25, 0.3) is 0 Å². The van der Waals surface area contributed by atoms with E-state index >= 15 is 0 Å². The third kappa shape index (κ3) is 3.72. The second kappa shape index (κ2) is 6.44. The Labute approximate surface area is 105 Å². The Bertz CT molecular complexity index is 302. The van der Waals surface area contributed by atoms with Gasteiger partial charge in [0.15, 0.2) is 0 Å². The molecule has 0 saturated heterocycles. The average Bonchev–Trinajstić information content (AvgIpc) is 2.22. The minimum atomic E-state index is 0.788. The van der Waals surface area contributed by atoms with E-state index in [1.807, 2.05) is 11.8 Å². The molecule has 0 aliphatic rings. The van der Waals surface area contributed by atoms with Crippen molar-refractivity contribution in [3.8, 4) is 5.75 Å². The van der Waals surface area contributed by atoms with E-state index in [-0.39, 0.29) is 0 Å². The van der Waals surface area contributed by atoms with E-state index in [1.165, 1.54) is 16.7 Å². The second-order valence-corrected chi connectivity index (χ2v) is 5.08. The summed E-state index contributed by atoms with van der Waals surface area (Å²) in [6, 6.07) is 4.35. The number of hydrogen-bond donors (Lipinski definition) is 0. The van der Waals surface area contributed by atoms with Gasteiger partial charge in [-0.3, -0.25) is 0 Å². The van der Waals surface area contributed by atoms with Gasteiger partial charge in [0.05, 0.1) is 6.61 Å². The van der Waals surface area contributed by atoms with Crippen LogP contribution in [0.4, 0.5) is 0 Å². The zero-order chi connectivity index (χ0) is 11.3. The van der Waals surface area contributed by atoms with Crippen molar-refractivity contribution in [3.63, 3.8) is 0 Å². The molecule has 3 heteroatoms. The molecule has 84 valence electrons. The summed E-state index contributed by atoms with van der Waals surface area (Å²) >= 11 is 5.28. The quantitative estimate of drug-likeness (QED) is 0.600. The van der Waals surface area contributed by atoms with Gasteiger partial charge in [-0.2, -0.15) is 11.8 Å². The van der Waals surface area contributed by atoms with Crippen molar-refractivity contribution in [2.75, 3.05) is 18.6 Å². The fraction of sp³-hybridized carbons (Fsp3) is 0.500. The molecule has 0 aliphatic carbocycles. The fourth-order valence-electron chi connectivity index (χ4n) is 1.57. The lowest BCUT2D eigenvalue weighted by atomic mass is 10.1. The molecule has 0 saturated carbocycles. The Morgan fingerprint density at radius 1 is 1.27 bits per heavy atom. The van der Waals surface area contributed by atoms with E-state index < -0.39 is 0 Å². The lowest BCUT2D eigenvalue weighted by molar-refractivity contribution is 0.339. The van der Waals surface area contributed by atoms with Crippen LogP contribution in [0, 0.1) is 13.8 Å². The summed E-state index contributed by atoms with van der Waals surface area (Å²) in [7, 11) is 0. The second-order valence-electron chi connectivity index (χ2n) is 3.53. The maximum Gasteiger partial charge on any atom is 0.125 e. The highest BCUT2D eigenvalue weighted by atomic mass is 79.9. The number of hydrogen-bond acceptors (Lipinski definition) is 2. The monoisotopic (exact) mass is 288 g/mol. The summed E-state index contributed by atoms with van der Waals surface area (Å²) < 4.78 is 5.77. The largest absolute Gasteiger partial charge is 0.492 e. The van der Waals surface area contributed by atoms with Crippen molar-refractivity contribution in [2.24, 2.45) is 0 Å². The van der Waals surface area contributed by atoms with Crippen LogP contribution >= 0.6 is 27.7 Å². The van der Waals surface area contributed by atoms with Gasteiger partial charge in [0, 0.05) is 11.1 Å². The molecule has 0 N–H and O–H groups in total. The predicted octanol–water partition coefficient (Wildman–Crippen LogP) is 3.94. The van der Waals surface area contributed by atoms with Gasteiger partial charge in [-0.05, 0) is 36.8 Å². The molecule has 0 unspecified atom stereocenters. The molecule has 0 fully saturated rings. The van der Waals surface area contributed by atoms with Gasteiger partial charge in [0.1, 0.15) is 5.75 Å². The molecule has 0 bridgehead atoms. The Morgan fingerprint density at radius 3 is 2.33 bits per heavy atom. The van der Waals surface area contributed by atoms with Gasteiger partial charge >= 0.3 is 0 Å². The van der Waals surface area contributed by atoms with Crippen LogP contribution in [0.2, 0.25) is 0 Å². The third-order valence-electron chi connectivity index (χ3n) is 2.21. The number of rotatable bonds is 5. The molecule has 0 amide bonds. The first-order chi connectivity index (χ1) is 7.19. The Balaban J connectivity index is 2.79. The number of alkyl halides is 1. The molecular formula is C12H17BrOS.